The summed E-state index contributed by atoms with van der Waals surface area (Å²) in [6.45, 7) is 2.33. The van der Waals surface area contributed by atoms with Gasteiger partial charge in [-0.15, -0.1) is 0 Å². The molecule has 35 heavy (non-hydrogen) atoms. The normalized spacial score (nSPS) is 24.7. The van der Waals surface area contributed by atoms with Crippen molar-refractivity contribution in [2.24, 2.45) is 0 Å². The Balaban J connectivity index is 1.18. The van der Waals surface area contributed by atoms with Gasteiger partial charge in [0.1, 0.15) is 12.4 Å². The Bertz CT molecular complexity index is 1230. The van der Waals surface area contributed by atoms with Gasteiger partial charge in [-0.05, 0) is 65.3 Å². The number of carbonyl (C=O) groups is 1. The Kier molecular flexibility index (Phi) is 5.33. The van der Waals surface area contributed by atoms with Gasteiger partial charge in [-0.2, -0.15) is 0 Å². The topological polar surface area (TPSA) is 59.0 Å². The molecule has 5 nitrogen and oxygen atoms in total. The van der Waals surface area contributed by atoms with Crippen molar-refractivity contribution in [2.45, 2.75) is 56.2 Å². The van der Waals surface area contributed by atoms with Crippen LogP contribution >= 0.6 is 0 Å². The molecule has 1 N–H and O–H groups in total. The molecule has 180 valence electrons. The molecule has 2 fully saturated rings. The van der Waals surface area contributed by atoms with E-state index in [1.807, 2.05) is 42.2 Å². The lowest BCUT2D eigenvalue weighted by atomic mass is 9.79. The van der Waals surface area contributed by atoms with Gasteiger partial charge in [0, 0.05) is 30.8 Å². The molecule has 2 unspecified atom stereocenters. The number of aliphatic hydroxyl groups is 1. The summed E-state index contributed by atoms with van der Waals surface area (Å²) in [7, 11) is 1.65. The van der Waals surface area contributed by atoms with Gasteiger partial charge in [0.05, 0.1) is 12.7 Å². The summed E-state index contributed by atoms with van der Waals surface area (Å²) >= 11 is 0. The molecule has 2 aliphatic heterocycles. The maximum absolute atomic E-state index is 13.3. The molecule has 3 aromatic carbocycles. The Hall–Kier alpha value is -3.31. The van der Waals surface area contributed by atoms with Crippen LogP contribution in [0.25, 0.3) is 11.1 Å². The standard InChI is InChI=1S/C30H31NO4/c1-19-15-22(34-2)13-14-28(19)30(33)16-20-11-12-21(17-30)31(20)29(32)35-18-27-25-9-5-3-7-23(25)24-8-4-6-10-26(24)27/h3-10,13-15,20-21,27,33H,11-12,16-18H2,1-2H3. The largest absolute Gasteiger partial charge is 0.497 e. The van der Waals surface area contributed by atoms with Crippen molar-refractivity contribution in [1.82, 2.24) is 4.90 Å². The minimum absolute atomic E-state index is 0.0177. The van der Waals surface area contributed by atoms with Crippen LogP contribution in [0.5, 0.6) is 5.75 Å². The van der Waals surface area contributed by atoms with E-state index in [1.165, 1.54) is 22.3 Å². The van der Waals surface area contributed by atoms with Crippen LogP contribution < -0.4 is 4.74 Å². The number of amides is 1. The van der Waals surface area contributed by atoms with Gasteiger partial charge in [-0.1, -0.05) is 54.6 Å². The summed E-state index contributed by atoms with van der Waals surface area (Å²) in [4.78, 5) is 15.2. The molecule has 2 atom stereocenters. The van der Waals surface area contributed by atoms with Gasteiger partial charge in [0.25, 0.3) is 0 Å². The second-order valence-electron chi connectivity index (χ2n) is 10.2. The third-order valence-corrected chi connectivity index (χ3v) is 8.25. The highest BCUT2D eigenvalue weighted by Crippen LogP contribution is 2.48. The molecule has 0 aromatic heterocycles. The maximum atomic E-state index is 13.3. The molecule has 0 saturated carbocycles. The molecular weight excluding hydrogens is 438 g/mol. The molecule has 3 aliphatic rings. The highest BCUT2D eigenvalue weighted by atomic mass is 16.6. The fourth-order valence-corrected chi connectivity index (χ4v) is 6.70. The van der Waals surface area contributed by atoms with Gasteiger partial charge in [0.15, 0.2) is 0 Å². The third-order valence-electron chi connectivity index (χ3n) is 8.25. The number of carbonyl (C=O) groups excluding carboxylic acids is 1. The number of benzene rings is 3. The van der Waals surface area contributed by atoms with Crippen LogP contribution in [0.2, 0.25) is 0 Å². The predicted octanol–water partition coefficient (Wildman–Crippen LogP) is 5.77. The first kappa shape index (κ1) is 22.2. The van der Waals surface area contributed by atoms with E-state index in [1.54, 1.807) is 7.11 Å². The SMILES string of the molecule is COc1ccc(C2(O)CC3CCC(C2)N3C(=O)OCC2c3ccccc3-c3ccccc32)c(C)c1. The van der Waals surface area contributed by atoms with E-state index < -0.39 is 5.60 Å². The Morgan fingerprint density at radius 3 is 2.14 bits per heavy atom. The number of nitrogens with zero attached hydrogens (tertiary/aromatic N) is 1. The first-order chi connectivity index (χ1) is 17.0. The number of aryl methyl sites for hydroxylation is 1. The molecule has 2 saturated heterocycles. The van der Waals surface area contributed by atoms with Gasteiger partial charge in [-0.25, -0.2) is 4.79 Å². The second-order valence-corrected chi connectivity index (χ2v) is 10.2. The van der Waals surface area contributed by atoms with Crippen molar-refractivity contribution in [1.29, 1.82) is 0 Å². The Morgan fingerprint density at radius 1 is 0.971 bits per heavy atom. The fraction of sp³-hybridized carbons (Fsp3) is 0.367. The number of rotatable bonds is 4. The van der Waals surface area contributed by atoms with E-state index in [0.29, 0.717) is 19.4 Å². The van der Waals surface area contributed by atoms with Crippen LogP contribution in [-0.4, -0.2) is 41.9 Å². The van der Waals surface area contributed by atoms with Gasteiger partial charge in [0.2, 0.25) is 0 Å². The molecular formula is C30H31NO4. The van der Waals surface area contributed by atoms with Crippen LogP contribution in [-0.2, 0) is 10.3 Å². The molecule has 3 aromatic rings. The molecule has 5 heteroatoms. The van der Waals surface area contributed by atoms with Gasteiger partial charge < -0.3 is 19.5 Å². The number of ether oxygens (including phenoxy) is 2. The van der Waals surface area contributed by atoms with Crippen LogP contribution in [0.4, 0.5) is 4.79 Å². The van der Waals surface area contributed by atoms with Crippen LogP contribution in [0.3, 0.4) is 0 Å². The minimum Gasteiger partial charge on any atom is -0.497 e. The zero-order chi connectivity index (χ0) is 24.2. The van der Waals surface area contributed by atoms with Crippen molar-refractivity contribution in [3.8, 4) is 16.9 Å². The molecule has 1 amide bonds. The summed E-state index contributed by atoms with van der Waals surface area (Å²) in [5.41, 5.74) is 5.88. The number of fused-ring (bicyclic) bond motifs is 5. The molecule has 2 heterocycles. The van der Waals surface area contributed by atoms with Crippen LogP contribution in [0.15, 0.2) is 66.7 Å². The number of methoxy groups -OCH3 is 1. The number of piperidine rings is 1. The summed E-state index contributed by atoms with van der Waals surface area (Å²) in [6.07, 6.45) is 2.59. The van der Waals surface area contributed by atoms with E-state index in [-0.39, 0.29) is 24.1 Å². The summed E-state index contributed by atoms with van der Waals surface area (Å²) < 4.78 is 11.3. The molecule has 1 aliphatic carbocycles. The third kappa shape index (κ3) is 3.61. The van der Waals surface area contributed by atoms with E-state index in [4.69, 9.17) is 9.47 Å². The van der Waals surface area contributed by atoms with Crippen LogP contribution in [0, 0.1) is 6.92 Å². The van der Waals surface area contributed by atoms with Crippen molar-refractivity contribution in [2.75, 3.05) is 13.7 Å². The average molecular weight is 470 g/mol. The highest BCUT2D eigenvalue weighted by Gasteiger charge is 2.51. The highest BCUT2D eigenvalue weighted by molar-refractivity contribution is 5.79. The molecule has 0 radical (unpaired) electrons. The number of hydrogen-bond donors (Lipinski definition) is 1. The summed E-state index contributed by atoms with van der Waals surface area (Å²) in [6, 6.07) is 22.6. The van der Waals surface area contributed by atoms with Crippen molar-refractivity contribution >= 4 is 6.09 Å². The maximum Gasteiger partial charge on any atom is 0.410 e. The van der Waals surface area contributed by atoms with E-state index in [0.717, 1.165) is 29.7 Å². The van der Waals surface area contributed by atoms with Gasteiger partial charge in [-0.3, -0.25) is 0 Å². The van der Waals surface area contributed by atoms with E-state index in [9.17, 15) is 9.90 Å². The Morgan fingerprint density at radius 2 is 1.57 bits per heavy atom. The minimum atomic E-state index is -0.942. The molecule has 6 rings (SSSR count). The molecule has 2 bridgehead atoms. The average Bonchev–Trinajstić information content (AvgIpc) is 3.34. The van der Waals surface area contributed by atoms with Crippen molar-refractivity contribution in [3.05, 3.63) is 89.0 Å². The molecule has 0 spiro atoms. The summed E-state index contributed by atoms with van der Waals surface area (Å²) in [5, 5.41) is 11.7. The number of hydrogen-bond acceptors (Lipinski definition) is 4. The lowest BCUT2D eigenvalue weighted by Crippen LogP contribution is -2.52. The first-order valence-corrected chi connectivity index (χ1v) is 12.5. The summed E-state index contributed by atoms with van der Waals surface area (Å²) in [5.74, 6) is 0.835. The van der Waals surface area contributed by atoms with E-state index in [2.05, 4.69) is 36.4 Å². The quantitative estimate of drug-likeness (QED) is 0.527. The van der Waals surface area contributed by atoms with Crippen molar-refractivity contribution < 1.29 is 19.4 Å². The first-order valence-electron chi connectivity index (χ1n) is 12.5. The van der Waals surface area contributed by atoms with Crippen LogP contribution in [0.1, 0.15) is 53.9 Å². The second kappa shape index (κ2) is 8.42. The Labute approximate surface area is 206 Å². The predicted molar refractivity (Wildman–Crippen MR) is 135 cm³/mol. The smallest absolute Gasteiger partial charge is 0.410 e. The van der Waals surface area contributed by atoms with Crippen molar-refractivity contribution in [3.63, 3.8) is 0 Å². The zero-order valence-electron chi connectivity index (χ0n) is 20.2. The zero-order valence-corrected chi connectivity index (χ0v) is 20.2. The van der Waals surface area contributed by atoms with Gasteiger partial charge >= 0.3 is 6.09 Å². The van der Waals surface area contributed by atoms with E-state index >= 15 is 0 Å². The lowest BCUT2D eigenvalue weighted by Gasteiger charge is -2.44. The monoisotopic (exact) mass is 469 g/mol. The fourth-order valence-electron chi connectivity index (χ4n) is 6.70. The lowest BCUT2D eigenvalue weighted by molar-refractivity contribution is -0.0534.